The summed E-state index contributed by atoms with van der Waals surface area (Å²) in [5.74, 6) is 2.06. The molecule has 1 aliphatic rings. The van der Waals surface area contributed by atoms with Gasteiger partial charge in [0.2, 0.25) is 0 Å². The summed E-state index contributed by atoms with van der Waals surface area (Å²) in [4.78, 5) is 14.4. The summed E-state index contributed by atoms with van der Waals surface area (Å²) in [5, 5.41) is 3.30. The van der Waals surface area contributed by atoms with Crippen LogP contribution in [0.3, 0.4) is 0 Å². The topological polar surface area (TPSA) is 55.1 Å². The van der Waals surface area contributed by atoms with Gasteiger partial charge in [0.25, 0.3) is 0 Å². The molecular formula is C10H14N2O2. The summed E-state index contributed by atoms with van der Waals surface area (Å²) >= 11 is 0. The van der Waals surface area contributed by atoms with Crippen LogP contribution in [0, 0.1) is 5.92 Å². The van der Waals surface area contributed by atoms with Gasteiger partial charge in [-0.1, -0.05) is 0 Å². The molecule has 2 rings (SSSR count). The van der Waals surface area contributed by atoms with E-state index in [4.69, 9.17) is 4.42 Å². The van der Waals surface area contributed by atoms with Gasteiger partial charge >= 0.3 is 0 Å². The van der Waals surface area contributed by atoms with Crippen molar-refractivity contribution in [3.05, 3.63) is 17.8 Å². The van der Waals surface area contributed by atoms with Crippen LogP contribution in [0.5, 0.6) is 0 Å². The molecule has 1 saturated heterocycles. The summed E-state index contributed by atoms with van der Waals surface area (Å²) < 4.78 is 5.42. The summed E-state index contributed by atoms with van der Waals surface area (Å²) in [6, 6.07) is 0. The van der Waals surface area contributed by atoms with E-state index >= 15 is 0 Å². The number of nitrogens with one attached hydrogen (secondary N) is 1. The molecule has 1 unspecified atom stereocenters. The molecule has 1 atom stereocenters. The number of aromatic nitrogens is 1. The van der Waals surface area contributed by atoms with Gasteiger partial charge in [-0.25, -0.2) is 4.98 Å². The first-order valence-corrected chi connectivity index (χ1v) is 4.96. The maximum Gasteiger partial charge on any atom is 0.194 e. The number of carbonyl (C=O) groups excluding carboxylic acids is 1. The molecule has 1 fully saturated rings. The van der Waals surface area contributed by atoms with Gasteiger partial charge in [-0.3, -0.25) is 0 Å². The maximum atomic E-state index is 10.2. The number of aldehydes is 1. The quantitative estimate of drug-likeness (QED) is 0.712. The van der Waals surface area contributed by atoms with Crippen molar-refractivity contribution in [3.63, 3.8) is 0 Å². The minimum atomic E-state index is 0.329. The van der Waals surface area contributed by atoms with Gasteiger partial charge in [0.15, 0.2) is 5.89 Å². The second-order valence-corrected chi connectivity index (χ2v) is 3.65. The largest absolute Gasteiger partial charge is 0.445 e. The Morgan fingerprint density at radius 2 is 2.64 bits per heavy atom. The molecule has 0 saturated carbocycles. The Kier molecular flexibility index (Phi) is 2.93. The molecule has 1 aliphatic heterocycles. The van der Waals surface area contributed by atoms with Crippen LogP contribution in [0.2, 0.25) is 0 Å². The number of hydrogen-bond donors (Lipinski definition) is 1. The lowest BCUT2D eigenvalue weighted by Crippen LogP contribution is -2.10. The van der Waals surface area contributed by atoms with E-state index in [0.29, 0.717) is 18.1 Å². The Balaban J connectivity index is 1.91. The Hall–Kier alpha value is -1.16. The van der Waals surface area contributed by atoms with Crippen molar-refractivity contribution in [3.8, 4) is 0 Å². The molecule has 1 aromatic rings. The Morgan fingerprint density at radius 3 is 3.36 bits per heavy atom. The zero-order valence-corrected chi connectivity index (χ0v) is 8.03. The minimum Gasteiger partial charge on any atom is -0.445 e. The predicted octanol–water partition coefficient (Wildman–Crippen LogP) is 0.568. The predicted molar refractivity (Wildman–Crippen MR) is 51.0 cm³/mol. The summed E-state index contributed by atoms with van der Waals surface area (Å²) in [5.41, 5.74) is 0. The second-order valence-electron chi connectivity index (χ2n) is 3.65. The monoisotopic (exact) mass is 194 g/mol. The molecule has 0 spiro atoms. The van der Waals surface area contributed by atoms with E-state index in [1.54, 1.807) is 6.20 Å². The fourth-order valence-corrected chi connectivity index (χ4v) is 1.75. The van der Waals surface area contributed by atoms with Crippen LogP contribution in [-0.4, -0.2) is 24.4 Å². The van der Waals surface area contributed by atoms with Crippen molar-refractivity contribution in [2.75, 3.05) is 13.1 Å². The van der Waals surface area contributed by atoms with E-state index in [1.165, 1.54) is 6.42 Å². The molecular weight excluding hydrogens is 180 g/mol. The smallest absolute Gasteiger partial charge is 0.194 e. The molecule has 1 aromatic heterocycles. The third kappa shape index (κ3) is 2.20. The highest BCUT2D eigenvalue weighted by molar-refractivity contribution is 5.52. The van der Waals surface area contributed by atoms with E-state index < -0.39 is 0 Å². The lowest BCUT2D eigenvalue weighted by Gasteiger charge is -2.02. The summed E-state index contributed by atoms with van der Waals surface area (Å²) in [6.07, 6.45) is 4.88. The summed E-state index contributed by atoms with van der Waals surface area (Å²) in [6.45, 7) is 2.14. The SMILES string of the molecule is O=CCc1cnc(CC2CCNC2)o1. The van der Waals surface area contributed by atoms with Gasteiger partial charge in [-0.05, 0) is 25.4 Å². The van der Waals surface area contributed by atoms with Crippen molar-refractivity contribution in [1.82, 2.24) is 10.3 Å². The molecule has 0 bridgehead atoms. The molecule has 1 N–H and O–H groups in total. The highest BCUT2D eigenvalue weighted by Crippen LogP contribution is 2.15. The average molecular weight is 194 g/mol. The van der Waals surface area contributed by atoms with E-state index in [2.05, 4.69) is 10.3 Å². The highest BCUT2D eigenvalue weighted by atomic mass is 16.4. The number of carbonyl (C=O) groups is 1. The van der Waals surface area contributed by atoms with Crippen LogP contribution in [0.1, 0.15) is 18.1 Å². The Labute approximate surface area is 82.7 Å². The van der Waals surface area contributed by atoms with Crippen molar-refractivity contribution in [2.45, 2.75) is 19.3 Å². The molecule has 0 aliphatic carbocycles. The Bertz CT molecular complexity index is 303. The lowest BCUT2D eigenvalue weighted by atomic mass is 10.1. The van der Waals surface area contributed by atoms with E-state index in [-0.39, 0.29) is 0 Å². The van der Waals surface area contributed by atoms with Gasteiger partial charge in [0, 0.05) is 6.42 Å². The lowest BCUT2D eigenvalue weighted by molar-refractivity contribution is -0.107. The average Bonchev–Trinajstić information content (AvgIpc) is 2.79. The first-order valence-electron chi connectivity index (χ1n) is 4.96. The maximum absolute atomic E-state index is 10.2. The standard InChI is InChI=1S/C10H14N2O2/c13-4-2-9-7-12-10(14-9)5-8-1-3-11-6-8/h4,7-8,11H,1-3,5-6H2. The minimum absolute atomic E-state index is 0.329. The number of hydrogen-bond acceptors (Lipinski definition) is 4. The molecule has 0 aromatic carbocycles. The molecule has 4 nitrogen and oxygen atoms in total. The number of nitrogens with zero attached hydrogens (tertiary/aromatic N) is 1. The van der Waals surface area contributed by atoms with Crippen molar-refractivity contribution in [2.24, 2.45) is 5.92 Å². The van der Waals surface area contributed by atoms with Gasteiger partial charge in [-0.15, -0.1) is 0 Å². The van der Waals surface area contributed by atoms with Gasteiger partial charge in [0.1, 0.15) is 12.0 Å². The van der Waals surface area contributed by atoms with Crippen LogP contribution >= 0.6 is 0 Å². The van der Waals surface area contributed by atoms with Gasteiger partial charge < -0.3 is 14.5 Å². The fourth-order valence-electron chi connectivity index (χ4n) is 1.75. The second kappa shape index (κ2) is 4.37. The van der Waals surface area contributed by atoms with Crippen molar-refractivity contribution < 1.29 is 9.21 Å². The molecule has 0 radical (unpaired) electrons. The number of rotatable bonds is 4. The third-order valence-electron chi connectivity index (χ3n) is 2.51. The van der Waals surface area contributed by atoms with Crippen molar-refractivity contribution in [1.29, 1.82) is 0 Å². The van der Waals surface area contributed by atoms with E-state index in [9.17, 15) is 4.79 Å². The molecule has 2 heterocycles. The zero-order valence-electron chi connectivity index (χ0n) is 8.03. The molecule has 14 heavy (non-hydrogen) atoms. The van der Waals surface area contributed by atoms with Crippen LogP contribution in [0.4, 0.5) is 0 Å². The summed E-state index contributed by atoms with van der Waals surface area (Å²) in [7, 11) is 0. The molecule has 76 valence electrons. The van der Waals surface area contributed by atoms with Crippen molar-refractivity contribution >= 4 is 6.29 Å². The van der Waals surface area contributed by atoms with Crippen LogP contribution in [0.25, 0.3) is 0 Å². The number of oxazole rings is 1. The molecule has 0 amide bonds. The normalized spacial score (nSPS) is 21.3. The first-order chi connectivity index (χ1) is 6.88. The van der Waals surface area contributed by atoms with Crippen LogP contribution in [-0.2, 0) is 17.6 Å². The Morgan fingerprint density at radius 1 is 1.71 bits per heavy atom. The van der Waals surface area contributed by atoms with Crippen LogP contribution in [0.15, 0.2) is 10.6 Å². The fraction of sp³-hybridized carbons (Fsp3) is 0.600. The molecule has 4 heteroatoms. The first kappa shape index (κ1) is 9.40. The third-order valence-corrected chi connectivity index (χ3v) is 2.51. The van der Waals surface area contributed by atoms with Gasteiger partial charge in [-0.2, -0.15) is 0 Å². The highest BCUT2D eigenvalue weighted by Gasteiger charge is 2.17. The van der Waals surface area contributed by atoms with Gasteiger partial charge in [0.05, 0.1) is 12.6 Å². The van der Waals surface area contributed by atoms with E-state index in [0.717, 1.165) is 31.7 Å². The zero-order chi connectivity index (χ0) is 9.80. The van der Waals surface area contributed by atoms with E-state index in [1.807, 2.05) is 0 Å². The van der Waals surface area contributed by atoms with Crippen LogP contribution < -0.4 is 5.32 Å².